The summed E-state index contributed by atoms with van der Waals surface area (Å²) in [6.45, 7) is 0. The van der Waals surface area contributed by atoms with Crippen LogP contribution in [0.1, 0.15) is 0 Å². The molecule has 0 amide bonds. The van der Waals surface area contributed by atoms with Crippen molar-refractivity contribution >= 4 is 0 Å². The van der Waals surface area contributed by atoms with Gasteiger partial charge in [-0.3, -0.25) is 0 Å². The standard InChI is InChI=1S/3NO3.2H2O.Sm/c3*2-1(3)4;;;/h;;;2*1H2;/q3*-1;;;+3. The zero-order valence-corrected chi connectivity index (χ0v) is 9.04. The molecule has 0 saturated heterocycles. The quantitative estimate of drug-likeness (QED) is 0.324. The van der Waals surface area contributed by atoms with Crippen LogP contribution >= 0.6 is 0 Å². The molecule has 0 aliphatic carbocycles. The maximum absolute atomic E-state index is 8.25. The molecule has 0 aromatic heterocycles. The summed E-state index contributed by atoms with van der Waals surface area (Å²) in [6.07, 6.45) is 0. The molecule has 15 heteroatoms. The van der Waals surface area contributed by atoms with E-state index in [2.05, 4.69) is 0 Å². The van der Waals surface area contributed by atoms with E-state index in [0.717, 1.165) is 0 Å². The van der Waals surface area contributed by atoms with Gasteiger partial charge in [0, 0.05) is 0 Å². The van der Waals surface area contributed by atoms with Crippen molar-refractivity contribution in [2.45, 2.75) is 0 Å². The predicted octanol–water partition coefficient (Wildman–Crippen LogP) is -2.37. The van der Waals surface area contributed by atoms with Gasteiger partial charge in [0.25, 0.3) is 0 Å². The summed E-state index contributed by atoms with van der Waals surface area (Å²) in [6, 6.07) is 0. The fraction of sp³-hybridized carbons (Fsp3) is 0. The van der Waals surface area contributed by atoms with Crippen LogP contribution in [0.3, 0.4) is 0 Å². The van der Waals surface area contributed by atoms with Crippen LogP contribution in [0.15, 0.2) is 0 Å². The van der Waals surface area contributed by atoms with Crippen molar-refractivity contribution in [1.82, 2.24) is 0 Å². The predicted molar refractivity (Wildman–Crippen MR) is 38.3 cm³/mol. The van der Waals surface area contributed by atoms with Crippen molar-refractivity contribution in [1.29, 1.82) is 0 Å². The molecule has 0 aromatic rings. The van der Waals surface area contributed by atoms with E-state index in [1.54, 1.807) is 0 Å². The summed E-state index contributed by atoms with van der Waals surface area (Å²) in [5.41, 5.74) is 0. The molecule has 0 fully saturated rings. The first-order valence-electron chi connectivity index (χ1n) is 1.64. The molecule has 0 aliphatic rings. The largest absolute Gasteiger partial charge is 3.00 e. The van der Waals surface area contributed by atoms with Gasteiger partial charge in [0.1, 0.15) is 0 Å². The van der Waals surface area contributed by atoms with Gasteiger partial charge >= 0.3 is 40.4 Å². The topological polar surface area (TPSA) is 262 Å². The van der Waals surface area contributed by atoms with Gasteiger partial charge in [0.2, 0.25) is 0 Å². The van der Waals surface area contributed by atoms with Crippen molar-refractivity contribution in [3.63, 3.8) is 0 Å². The molecule has 0 atom stereocenters. The summed E-state index contributed by atoms with van der Waals surface area (Å²) in [4.78, 5) is 24.8. The minimum atomic E-state index is -1.75. The second kappa shape index (κ2) is 29.3. The molecular weight excluding hydrogens is 368 g/mol. The SMILES string of the molecule is O.O.O=[N+]([O-])[O-].O=[N+]([O-])[O-].O=[N+]([O-])[O-].[Sm+3]. The van der Waals surface area contributed by atoms with Gasteiger partial charge in [0.15, 0.2) is 0 Å². The maximum Gasteiger partial charge on any atom is 3.00 e. The van der Waals surface area contributed by atoms with Gasteiger partial charge in [-0.05, 0) is 0 Å². The molecule has 91 valence electrons. The molecule has 14 nitrogen and oxygen atoms in total. The first-order valence-corrected chi connectivity index (χ1v) is 1.64. The Balaban J connectivity index is -0.0000000184. The summed E-state index contributed by atoms with van der Waals surface area (Å²) < 4.78 is 0. The maximum atomic E-state index is 8.25. The summed E-state index contributed by atoms with van der Waals surface area (Å²) in [5.74, 6) is 0. The van der Waals surface area contributed by atoms with Crippen molar-refractivity contribution in [3.8, 4) is 0 Å². The monoisotopic (exact) mass is 374 g/mol. The van der Waals surface area contributed by atoms with Crippen LogP contribution in [0.5, 0.6) is 0 Å². The Hall–Kier alpha value is -1.14. The van der Waals surface area contributed by atoms with Crippen molar-refractivity contribution in [3.05, 3.63) is 46.0 Å². The zero-order valence-electron chi connectivity index (χ0n) is 6.42. The third kappa shape index (κ3) is 1160. The van der Waals surface area contributed by atoms with Gasteiger partial charge in [-0.2, -0.15) is 0 Å². The molecule has 0 rings (SSSR count). The Bertz CT molecular complexity index is 113. The minimum absolute atomic E-state index is 0. The summed E-state index contributed by atoms with van der Waals surface area (Å²) in [7, 11) is 0. The first-order chi connectivity index (χ1) is 5.20. The fourth-order valence-corrected chi connectivity index (χ4v) is 0. The van der Waals surface area contributed by atoms with E-state index in [0.29, 0.717) is 0 Å². The average Bonchev–Trinajstić information content (AvgIpc) is 1.54. The van der Waals surface area contributed by atoms with Crippen LogP contribution in [0.25, 0.3) is 0 Å². The molecule has 0 aromatic carbocycles. The van der Waals surface area contributed by atoms with Crippen LogP contribution in [0.2, 0.25) is 0 Å². The van der Waals surface area contributed by atoms with E-state index in [-0.39, 0.29) is 51.3 Å². The molecular formula is H4N3O11Sm. The van der Waals surface area contributed by atoms with E-state index in [4.69, 9.17) is 46.0 Å². The Kier molecular flexibility index (Phi) is 72.4. The van der Waals surface area contributed by atoms with E-state index < -0.39 is 15.3 Å². The second-order valence-corrected chi connectivity index (χ2v) is 0.671. The van der Waals surface area contributed by atoms with Crippen LogP contribution in [0.4, 0.5) is 0 Å². The molecule has 0 bridgehead atoms. The average molecular weight is 372 g/mol. The fourth-order valence-electron chi connectivity index (χ4n) is 0. The number of nitrogens with zero attached hydrogens (tertiary/aromatic N) is 3. The van der Waals surface area contributed by atoms with E-state index in [9.17, 15) is 0 Å². The molecule has 0 unspecified atom stereocenters. The van der Waals surface area contributed by atoms with E-state index in [1.807, 2.05) is 0 Å². The Labute approximate surface area is 112 Å². The van der Waals surface area contributed by atoms with Crippen molar-refractivity contribution < 1.29 is 66.6 Å². The van der Waals surface area contributed by atoms with Crippen LogP contribution in [-0.2, 0) is 0 Å². The number of hydrogen-bond acceptors (Lipinski definition) is 9. The summed E-state index contributed by atoms with van der Waals surface area (Å²) >= 11 is 0. The molecule has 0 aliphatic heterocycles. The minimum Gasteiger partial charge on any atom is -0.412 e. The third-order valence-corrected chi connectivity index (χ3v) is 0. The molecule has 0 heterocycles. The van der Waals surface area contributed by atoms with Crippen LogP contribution in [-0.4, -0.2) is 26.2 Å². The third-order valence-electron chi connectivity index (χ3n) is 0. The Morgan fingerprint density at radius 2 is 0.533 bits per heavy atom. The van der Waals surface area contributed by atoms with Gasteiger partial charge in [-0.1, -0.05) is 0 Å². The molecule has 15 heavy (non-hydrogen) atoms. The zero-order chi connectivity index (χ0) is 10.7. The smallest absolute Gasteiger partial charge is 0.412 e. The molecule has 4 N–H and O–H groups in total. The van der Waals surface area contributed by atoms with Crippen LogP contribution in [0, 0.1) is 86.4 Å². The van der Waals surface area contributed by atoms with Gasteiger partial charge in [0.05, 0.1) is 15.3 Å². The van der Waals surface area contributed by atoms with Crippen molar-refractivity contribution in [2.75, 3.05) is 0 Å². The van der Waals surface area contributed by atoms with E-state index in [1.165, 1.54) is 0 Å². The molecule has 0 spiro atoms. The summed E-state index contributed by atoms with van der Waals surface area (Å²) in [5, 5.41) is 44.2. The van der Waals surface area contributed by atoms with Crippen molar-refractivity contribution in [2.24, 2.45) is 0 Å². The van der Waals surface area contributed by atoms with Gasteiger partial charge < -0.3 is 56.9 Å². The van der Waals surface area contributed by atoms with Crippen LogP contribution < -0.4 is 0 Å². The number of hydrogen-bond donors (Lipinski definition) is 0. The molecule has 1 radical (unpaired) electrons. The second-order valence-electron chi connectivity index (χ2n) is 0.671. The Morgan fingerprint density at radius 1 is 0.533 bits per heavy atom. The normalized spacial score (nSPS) is 4.80. The Morgan fingerprint density at radius 3 is 0.533 bits per heavy atom. The first kappa shape index (κ1) is 37.1. The van der Waals surface area contributed by atoms with Gasteiger partial charge in [-0.25, -0.2) is 0 Å². The molecule has 0 saturated carbocycles. The van der Waals surface area contributed by atoms with E-state index >= 15 is 0 Å². The number of rotatable bonds is 0. The van der Waals surface area contributed by atoms with Gasteiger partial charge in [-0.15, -0.1) is 0 Å².